The number of pyridine rings is 1. The van der Waals surface area contributed by atoms with Crippen LogP contribution in [0.3, 0.4) is 0 Å². The molecular weight excluding hydrogens is 330 g/mol. The number of nitriles is 1. The van der Waals surface area contributed by atoms with E-state index in [1.807, 2.05) is 6.07 Å². The van der Waals surface area contributed by atoms with Crippen molar-refractivity contribution in [2.75, 3.05) is 5.32 Å². The summed E-state index contributed by atoms with van der Waals surface area (Å²) in [6.45, 7) is 0. The quantitative estimate of drug-likeness (QED) is 0.911. The van der Waals surface area contributed by atoms with E-state index in [-0.39, 0.29) is 5.91 Å². The molecule has 19 heavy (non-hydrogen) atoms. The van der Waals surface area contributed by atoms with Gasteiger partial charge in [0, 0.05) is 16.2 Å². The molecule has 2 rings (SSSR count). The number of carbonyl (C=O) groups excluding carboxylic acids is 1. The van der Waals surface area contributed by atoms with E-state index in [4.69, 9.17) is 16.9 Å². The monoisotopic (exact) mass is 335 g/mol. The summed E-state index contributed by atoms with van der Waals surface area (Å²) in [5, 5.41) is 11.7. The van der Waals surface area contributed by atoms with E-state index in [1.165, 1.54) is 6.20 Å². The number of halogens is 2. The summed E-state index contributed by atoms with van der Waals surface area (Å²) in [5.41, 5.74) is 0.865. The van der Waals surface area contributed by atoms with E-state index in [0.29, 0.717) is 22.0 Å². The number of amides is 1. The van der Waals surface area contributed by atoms with Gasteiger partial charge in [0.1, 0.15) is 11.9 Å². The van der Waals surface area contributed by atoms with Crippen LogP contribution >= 0.6 is 27.5 Å². The molecule has 0 bridgehead atoms. The zero-order valence-electron chi connectivity index (χ0n) is 9.52. The summed E-state index contributed by atoms with van der Waals surface area (Å²) in [6.07, 6.45) is 1.39. The maximum Gasteiger partial charge on any atom is 0.256 e. The number of rotatable bonds is 2. The first kappa shape index (κ1) is 13.5. The van der Waals surface area contributed by atoms with Crippen LogP contribution in [-0.2, 0) is 0 Å². The minimum Gasteiger partial charge on any atom is -0.307 e. The molecule has 0 spiro atoms. The lowest BCUT2D eigenvalue weighted by atomic mass is 10.2. The van der Waals surface area contributed by atoms with Gasteiger partial charge in [0.25, 0.3) is 5.91 Å². The molecule has 0 atom stereocenters. The maximum atomic E-state index is 11.9. The van der Waals surface area contributed by atoms with Crippen LogP contribution < -0.4 is 5.32 Å². The number of aromatic nitrogens is 1. The van der Waals surface area contributed by atoms with E-state index in [2.05, 4.69) is 26.2 Å². The molecule has 0 fully saturated rings. The number of carbonyl (C=O) groups is 1. The predicted molar refractivity (Wildman–Crippen MR) is 76.1 cm³/mol. The fourth-order valence-corrected chi connectivity index (χ4v) is 1.79. The maximum absolute atomic E-state index is 11.9. The van der Waals surface area contributed by atoms with Crippen LogP contribution in [0.5, 0.6) is 0 Å². The van der Waals surface area contributed by atoms with Gasteiger partial charge in [0.05, 0.1) is 10.6 Å². The third-order valence-electron chi connectivity index (χ3n) is 2.32. The molecule has 1 amide bonds. The lowest BCUT2D eigenvalue weighted by Crippen LogP contribution is -2.12. The van der Waals surface area contributed by atoms with Gasteiger partial charge in [-0.25, -0.2) is 4.98 Å². The summed E-state index contributed by atoms with van der Waals surface area (Å²) in [4.78, 5) is 15.9. The van der Waals surface area contributed by atoms with Crippen LogP contribution in [0.2, 0.25) is 5.02 Å². The highest BCUT2D eigenvalue weighted by molar-refractivity contribution is 9.10. The highest BCUT2D eigenvalue weighted by atomic mass is 79.9. The zero-order valence-corrected chi connectivity index (χ0v) is 11.9. The Morgan fingerprint density at radius 3 is 2.74 bits per heavy atom. The number of anilines is 1. The Labute approximate surface area is 123 Å². The Bertz CT molecular complexity index is 665. The van der Waals surface area contributed by atoms with Gasteiger partial charge in [-0.15, -0.1) is 0 Å². The SMILES string of the molecule is N#Cc1ccc(NC(=O)c2ccc(Br)c(Cl)c2)nc1. The van der Waals surface area contributed by atoms with Crippen molar-refractivity contribution in [1.29, 1.82) is 5.26 Å². The zero-order chi connectivity index (χ0) is 13.8. The van der Waals surface area contributed by atoms with Crippen LogP contribution in [0, 0.1) is 11.3 Å². The summed E-state index contributed by atoms with van der Waals surface area (Å²) >= 11 is 9.18. The summed E-state index contributed by atoms with van der Waals surface area (Å²) in [5.74, 6) is 0.0645. The molecule has 2 aromatic rings. The highest BCUT2D eigenvalue weighted by Gasteiger charge is 2.08. The Morgan fingerprint density at radius 1 is 1.37 bits per heavy atom. The van der Waals surface area contributed by atoms with E-state index in [1.54, 1.807) is 30.3 Å². The van der Waals surface area contributed by atoms with Crippen LogP contribution in [0.1, 0.15) is 15.9 Å². The molecule has 0 saturated heterocycles. The first-order valence-corrected chi connectivity index (χ1v) is 6.40. The summed E-state index contributed by atoms with van der Waals surface area (Å²) < 4.78 is 0.724. The van der Waals surface area contributed by atoms with Gasteiger partial charge in [0.15, 0.2) is 0 Å². The third kappa shape index (κ3) is 3.31. The normalized spacial score (nSPS) is 9.74. The average molecular weight is 337 g/mol. The van der Waals surface area contributed by atoms with Crippen molar-refractivity contribution in [2.24, 2.45) is 0 Å². The van der Waals surface area contributed by atoms with Gasteiger partial charge in [-0.1, -0.05) is 11.6 Å². The van der Waals surface area contributed by atoms with Crippen LogP contribution in [0.25, 0.3) is 0 Å². The van der Waals surface area contributed by atoms with Crippen LogP contribution in [0.15, 0.2) is 41.0 Å². The molecule has 1 aromatic heterocycles. The Hall–Kier alpha value is -1.90. The molecular formula is C13H7BrClN3O. The topological polar surface area (TPSA) is 65.8 Å². The standard InChI is InChI=1S/C13H7BrClN3O/c14-10-3-2-9(5-11(10)15)13(19)18-12-4-1-8(6-16)7-17-12/h1-5,7H,(H,17,18,19). The fraction of sp³-hybridized carbons (Fsp3) is 0. The van der Waals surface area contributed by atoms with E-state index in [9.17, 15) is 4.79 Å². The van der Waals surface area contributed by atoms with Gasteiger partial charge in [0.2, 0.25) is 0 Å². The van der Waals surface area contributed by atoms with E-state index in [0.717, 1.165) is 4.47 Å². The highest BCUT2D eigenvalue weighted by Crippen LogP contribution is 2.23. The first-order valence-electron chi connectivity index (χ1n) is 5.22. The molecule has 94 valence electrons. The molecule has 0 unspecified atom stereocenters. The van der Waals surface area contributed by atoms with Gasteiger partial charge in [-0.2, -0.15) is 5.26 Å². The van der Waals surface area contributed by atoms with Gasteiger partial charge in [-0.3, -0.25) is 4.79 Å². The van der Waals surface area contributed by atoms with Gasteiger partial charge < -0.3 is 5.32 Å². The molecule has 4 nitrogen and oxygen atoms in total. The Morgan fingerprint density at radius 2 is 2.16 bits per heavy atom. The predicted octanol–water partition coefficient (Wildman–Crippen LogP) is 3.62. The summed E-state index contributed by atoms with van der Waals surface area (Å²) in [6, 6.07) is 10.0. The van der Waals surface area contributed by atoms with E-state index >= 15 is 0 Å². The van der Waals surface area contributed by atoms with Crippen molar-refractivity contribution in [1.82, 2.24) is 4.98 Å². The van der Waals surface area contributed by atoms with Crippen molar-refractivity contribution in [2.45, 2.75) is 0 Å². The molecule has 0 aliphatic carbocycles. The Balaban J connectivity index is 2.16. The molecule has 0 saturated carbocycles. The number of nitrogens with one attached hydrogen (secondary N) is 1. The lowest BCUT2D eigenvalue weighted by Gasteiger charge is -2.05. The smallest absolute Gasteiger partial charge is 0.256 e. The average Bonchev–Trinajstić information content (AvgIpc) is 2.42. The van der Waals surface area contributed by atoms with E-state index < -0.39 is 0 Å². The molecule has 1 heterocycles. The largest absolute Gasteiger partial charge is 0.307 e. The first-order chi connectivity index (χ1) is 9.10. The van der Waals surface area contributed by atoms with Crippen molar-refractivity contribution < 1.29 is 4.79 Å². The molecule has 1 aromatic carbocycles. The van der Waals surface area contributed by atoms with Crippen molar-refractivity contribution in [3.05, 3.63) is 57.2 Å². The molecule has 0 radical (unpaired) electrons. The van der Waals surface area contributed by atoms with Gasteiger partial charge in [-0.05, 0) is 46.3 Å². The second-order valence-corrected chi connectivity index (χ2v) is 4.89. The number of hydrogen-bond donors (Lipinski definition) is 1. The second-order valence-electron chi connectivity index (χ2n) is 3.63. The van der Waals surface area contributed by atoms with Crippen molar-refractivity contribution >= 4 is 39.3 Å². The Kier molecular flexibility index (Phi) is 4.15. The van der Waals surface area contributed by atoms with Gasteiger partial charge >= 0.3 is 0 Å². The molecule has 1 N–H and O–H groups in total. The third-order valence-corrected chi connectivity index (χ3v) is 3.55. The number of benzene rings is 1. The number of hydrogen-bond acceptors (Lipinski definition) is 3. The molecule has 6 heteroatoms. The molecule has 0 aliphatic heterocycles. The van der Waals surface area contributed by atoms with Crippen LogP contribution in [0.4, 0.5) is 5.82 Å². The van der Waals surface area contributed by atoms with Crippen molar-refractivity contribution in [3.63, 3.8) is 0 Å². The number of nitrogens with zero attached hydrogens (tertiary/aromatic N) is 2. The fourth-order valence-electron chi connectivity index (χ4n) is 1.36. The minimum atomic E-state index is -0.313. The molecule has 0 aliphatic rings. The van der Waals surface area contributed by atoms with Crippen LogP contribution in [-0.4, -0.2) is 10.9 Å². The van der Waals surface area contributed by atoms with Crippen molar-refractivity contribution in [3.8, 4) is 6.07 Å². The minimum absolute atomic E-state index is 0.313. The summed E-state index contributed by atoms with van der Waals surface area (Å²) in [7, 11) is 0. The second kappa shape index (κ2) is 5.83. The lowest BCUT2D eigenvalue weighted by molar-refractivity contribution is 0.102.